The Morgan fingerprint density at radius 3 is 2.81 bits per heavy atom. The van der Waals surface area contributed by atoms with E-state index in [1.807, 2.05) is 12.1 Å². The number of benzene rings is 1. The fourth-order valence-corrected chi connectivity index (χ4v) is 3.44. The van der Waals surface area contributed by atoms with Crippen molar-refractivity contribution >= 4 is 33.3 Å². The van der Waals surface area contributed by atoms with Crippen molar-refractivity contribution in [1.82, 2.24) is 9.55 Å². The van der Waals surface area contributed by atoms with Gasteiger partial charge in [-0.3, -0.25) is 0 Å². The first kappa shape index (κ1) is 12.6. The summed E-state index contributed by atoms with van der Waals surface area (Å²) in [6, 6.07) is 12.5. The lowest BCUT2D eigenvalue weighted by Crippen LogP contribution is -1.99. The fraction of sp³-hybridized carbons (Fsp3) is 0.118. The van der Waals surface area contributed by atoms with Crippen molar-refractivity contribution in [3.8, 4) is 0 Å². The van der Waals surface area contributed by atoms with Gasteiger partial charge < -0.3 is 9.67 Å². The number of aliphatic hydroxyl groups excluding tert-OH is 1. The summed E-state index contributed by atoms with van der Waals surface area (Å²) < 4.78 is 2.24. The molecule has 1 N–H and O–H groups in total. The van der Waals surface area contributed by atoms with Crippen molar-refractivity contribution in [2.24, 2.45) is 0 Å². The van der Waals surface area contributed by atoms with Crippen molar-refractivity contribution < 1.29 is 5.11 Å². The number of aliphatic hydroxyl groups is 1. The van der Waals surface area contributed by atoms with Crippen molar-refractivity contribution in [3.63, 3.8) is 0 Å². The zero-order chi connectivity index (χ0) is 14.2. The third-order valence-electron chi connectivity index (χ3n) is 3.77. The largest absolute Gasteiger partial charge is 0.392 e. The molecule has 3 aromatic heterocycles. The van der Waals surface area contributed by atoms with Gasteiger partial charge in [-0.05, 0) is 40.1 Å². The Bertz CT molecular complexity index is 909. The third kappa shape index (κ3) is 2.04. The lowest BCUT2D eigenvalue weighted by atomic mass is 10.1. The number of pyridine rings is 1. The van der Waals surface area contributed by atoms with E-state index in [1.165, 1.54) is 16.5 Å². The maximum Gasteiger partial charge on any atom is 0.141 e. The van der Waals surface area contributed by atoms with Crippen LogP contribution in [-0.2, 0) is 13.2 Å². The number of hydrogen-bond acceptors (Lipinski definition) is 3. The summed E-state index contributed by atoms with van der Waals surface area (Å²) in [5.41, 5.74) is 4.29. The van der Waals surface area contributed by atoms with E-state index in [0.717, 1.165) is 23.1 Å². The van der Waals surface area contributed by atoms with Crippen molar-refractivity contribution in [2.75, 3.05) is 0 Å². The number of hydrogen-bond donors (Lipinski definition) is 1. The summed E-state index contributed by atoms with van der Waals surface area (Å²) in [5, 5.41) is 15.9. The molecule has 0 saturated carbocycles. The zero-order valence-corrected chi connectivity index (χ0v) is 12.2. The number of aromatic nitrogens is 2. The summed E-state index contributed by atoms with van der Waals surface area (Å²) >= 11 is 1.71. The SMILES string of the molecule is OCc1cnc2c(c1)c1ccccc1n2Cc1ccsc1. The molecule has 0 atom stereocenters. The van der Waals surface area contributed by atoms with Crippen LogP contribution in [0.25, 0.3) is 21.9 Å². The highest BCUT2D eigenvalue weighted by molar-refractivity contribution is 7.07. The summed E-state index contributed by atoms with van der Waals surface area (Å²) in [6.45, 7) is 0.839. The van der Waals surface area contributed by atoms with Crippen LogP contribution in [0.15, 0.2) is 53.4 Å². The van der Waals surface area contributed by atoms with Gasteiger partial charge in [0.05, 0.1) is 18.7 Å². The maximum atomic E-state index is 9.34. The van der Waals surface area contributed by atoms with Gasteiger partial charge >= 0.3 is 0 Å². The normalized spacial score (nSPS) is 11.5. The van der Waals surface area contributed by atoms with Gasteiger partial charge in [0.15, 0.2) is 0 Å². The average Bonchev–Trinajstić information content (AvgIpc) is 3.15. The van der Waals surface area contributed by atoms with Crippen LogP contribution in [0.4, 0.5) is 0 Å². The molecule has 0 aliphatic carbocycles. The van der Waals surface area contributed by atoms with Gasteiger partial charge in [0.1, 0.15) is 5.65 Å². The summed E-state index contributed by atoms with van der Waals surface area (Å²) in [4.78, 5) is 4.58. The summed E-state index contributed by atoms with van der Waals surface area (Å²) in [5.74, 6) is 0. The van der Waals surface area contributed by atoms with Gasteiger partial charge in [0, 0.05) is 17.0 Å². The molecule has 0 unspecified atom stereocenters. The van der Waals surface area contributed by atoms with Gasteiger partial charge in [-0.15, -0.1) is 0 Å². The van der Waals surface area contributed by atoms with E-state index in [-0.39, 0.29) is 6.61 Å². The van der Waals surface area contributed by atoms with Crippen molar-refractivity contribution in [3.05, 3.63) is 64.5 Å². The quantitative estimate of drug-likeness (QED) is 0.624. The molecule has 0 spiro atoms. The highest BCUT2D eigenvalue weighted by Gasteiger charge is 2.12. The second kappa shape index (κ2) is 4.98. The molecule has 4 heteroatoms. The minimum Gasteiger partial charge on any atom is -0.392 e. The molecule has 4 rings (SSSR count). The molecule has 21 heavy (non-hydrogen) atoms. The van der Waals surface area contributed by atoms with Crippen LogP contribution in [0.1, 0.15) is 11.1 Å². The van der Waals surface area contributed by atoms with E-state index in [0.29, 0.717) is 0 Å². The van der Waals surface area contributed by atoms with Crippen LogP contribution in [0.5, 0.6) is 0 Å². The molecule has 3 nitrogen and oxygen atoms in total. The molecule has 0 bridgehead atoms. The monoisotopic (exact) mass is 294 g/mol. The molecular formula is C17H14N2OS. The Morgan fingerprint density at radius 1 is 1.10 bits per heavy atom. The lowest BCUT2D eigenvalue weighted by molar-refractivity contribution is 0.281. The number of thiophene rings is 1. The Kier molecular flexibility index (Phi) is 2.98. The Labute approximate surface area is 126 Å². The molecule has 0 aliphatic heterocycles. The predicted octanol–water partition coefficient (Wildman–Crippen LogP) is 3.79. The van der Waals surface area contributed by atoms with Crippen LogP contribution < -0.4 is 0 Å². The van der Waals surface area contributed by atoms with Crippen LogP contribution in [-0.4, -0.2) is 14.7 Å². The van der Waals surface area contributed by atoms with Crippen LogP contribution in [0.2, 0.25) is 0 Å². The Hall–Kier alpha value is -2.17. The molecule has 4 aromatic rings. The molecule has 0 aliphatic rings. The summed E-state index contributed by atoms with van der Waals surface area (Å²) in [6.07, 6.45) is 1.76. The fourth-order valence-electron chi connectivity index (χ4n) is 2.78. The molecule has 104 valence electrons. The number of para-hydroxylation sites is 1. The van der Waals surface area contributed by atoms with Gasteiger partial charge in [-0.1, -0.05) is 18.2 Å². The highest BCUT2D eigenvalue weighted by atomic mass is 32.1. The average molecular weight is 294 g/mol. The minimum absolute atomic E-state index is 0.0208. The molecule has 0 radical (unpaired) electrons. The molecule has 0 saturated heterocycles. The van der Waals surface area contributed by atoms with Crippen LogP contribution in [0, 0.1) is 0 Å². The van der Waals surface area contributed by atoms with Crippen molar-refractivity contribution in [2.45, 2.75) is 13.2 Å². The molecular weight excluding hydrogens is 280 g/mol. The van der Waals surface area contributed by atoms with E-state index in [1.54, 1.807) is 17.5 Å². The first-order valence-electron chi connectivity index (χ1n) is 6.84. The van der Waals surface area contributed by atoms with Gasteiger partial charge in [0.25, 0.3) is 0 Å². The minimum atomic E-state index is 0.0208. The highest BCUT2D eigenvalue weighted by Crippen LogP contribution is 2.29. The number of fused-ring (bicyclic) bond motifs is 3. The molecule has 1 aromatic carbocycles. The molecule has 0 fully saturated rings. The van der Waals surface area contributed by atoms with Gasteiger partial charge in [-0.2, -0.15) is 11.3 Å². The van der Waals surface area contributed by atoms with Gasteiger partial charge in [0.2, 0.25) is 0 Å². The smallest absolute Gasteiger partial charge is 0.141 e. The van der Waals surface area contributed by atoms with E-state index >= 15 is 0 Å². The lowest BCUT2D eigenvalue weighted by Gasteiger charge is -2.05. The second-order valence-corrected chi connectivity index (χ2v) is 5.89. The van der Waals surface area contributed by atoms with Gasteiger partial charge in [-0.25, -0.2) is 4.98 Å². The predicted molar refractivity (Wildman–Crippen MR) is 86.6 cm³/mol. The second-order valence-electron chi connectivity index (χ2n) is 5.11. The first-order valence-corrected chi connectivity index (χ1v) is 7.79. The van der Waals surface area contributed by atoms with E-state index in [4.69, 9.17) is 0 Å². The van der Waals surface area contributed by atoms with Crippen LogP contribution >= 0.6 is 11.3 Å². The van der Waals surface area contributed by atoms with Crippen molar-refractivity contribution in [1.29, 1.82) is 0 Å². The maximum absolute atomic E-state index is 9.34. The third-order valence-corrected chi connectivity index (χ3v) is 4.50. The Balaban J connectivity index is 2.02. The standard InChI is InChI=1S/C17H14N2OS/c20-10-13-7-15-14-3-1-2-4-16(14)19(17(15)18-8-13)9-12-5-6-21-11-12/h1-8,11,20H,9-10H2. The zero-order valence-electron chi connectivity index (χ0n) is 11.4. The molecule has 3 heterocycles. The van der Waals surface area contributed by atoms with E-state index < -0.39 is 0 Å². The number of nitrogens with zero attached hydrogens (tertiary/aromatic N) is 2. The molecule has 0 amide bonds. The topological polar surface area (TPSA) is 38.1 Å². The summed E-state index contributed by atoms with van der Waals surface area (Å²) in [7, 11) is 0. The first-order chi connectivity index (χ1) is 10.4. The van der Waals surface area contributed by atoms with E-state index in [9.17, 15) is 5.11 Å². The Morgan fingerprint density at radius 2 is 2.00 bits per heavy atom. The number of rotatable bonds is 3. The van der Waals surface area contributed by atoms with Crippen LogP contribution in [0.3, 0.4) is 0 Å². The van der Waals surface area contributed by atoms with E-state index in [2.05, 4.69) is 44.6 Å².